The first kappa shape index (κ1) is 17.1. The van der Waals surface area contributed by atoms with Crippen molar-refractivity contribution in [3.05, 3.63) is 29.8 Å². The lowest BCUT2D eigenvalue weighted by atomic mass is 10.1. The predicted octanol–water partition coefficient (Wildman–Crippen LogP) is 2.82. The van der Waals surface area contributed by atoms with E-state index in [2.05, 4.69) is 18.6 Å². The van der Waals surface area contributed by atoms with Gasteiger partial charge in [0.25, 0.3) is 0 Å². The Balaban J connectivity index is 2.84. The highest BCUT2D eigenvalue weighted by Crippen LogP contribution is 2.15. The van der Waals surface area contributed by atoms with Gasteiger partial charge in [-0.25, -0.2) is 13.1 Å². The number of unbranched alkanes of at least 4 members (excludes halogenated alkanes) is 1. The van der Waals surface area contributed by atoms with Gasteiger partial charge >= 0.3 is 0 Å². The zero-order valence-electron chi connectivity index (χ0n) is 12.3. The molecule has 0 aliphatic heterocycles. The highest BCUT2D eigenvalue weighted by molar-refractivity contribution is 7.89. The molecular weight excluding hydrogens is 274 g/mol. The molecule has 114 valence electrons. The Morgan fingerprint density at radius 3 is 2.55 bits per heavy atom. The van der Waals surface area contributed by atoms with Crippen molar-refractivity contribution in [2.75, 3.05) is 0 Å². The molecule has 2 N–H and O–H groups in total. The maximum atomic E-state index is 12.4. The number of nitrogens with one attached hydrogen (secondary N) is 1. The van der Waals surface area contributed by atoms with Gasteiger partial charge in [-0.3, -0.25) is 0 Å². The van der Waals surface area contributed by atoms with Crippen LogP contribution in [-0.2, 0) is 16.6 Å². The van der Waals surface area contributed by atoms with Crippen molar-refractivity contribution in [2.24, 2.45) is 0 Å². The van der Waals surface area contributed by atoms with Crippen molar-refractivity contribution < 1.29 is 13.5 Å². The molecule has 4 nitrogen and oxygen atoms in total. The van der Waals surface area contributed by atoms with Crippen LogP contribution >= 0.6 is 0 Å². The molecule has 0 amide bonds. The van der Waals surface area contributed by atoms with Crippen LogP contribution in [0.2, 0.25) is 0 Å². The lowest BCUT2D eigenvalue weighted by Gasteiger charge is -2.18. The summed E-state index contributed by atoms with van der Waals surface area (Å²) in [7, 11) is -3.51. The molecule has 0 saturated heterocycles. The smallest absolute Gasteiger partial charge is 0.240 e. The summed E-state index contributed by atoms with van der Waals surface area (Å²) >= 11 is 0. The Morgan fingerprint density at radius 2 is 1.95 bits per heavy atom. The minimum Gasteiger partial charge on any atom is -0.392 e. The third-order valence-electron chi connectivity index (χ3n) is 3.26. The highest BCUT2D eigenvalue weighted by atomic mass is 32.2. The second kappa shape index (κ2) is 8.39. The van der Waals surface area contributed by atoms with Crippen molar-refractivity contribution in [3.8, 4) is 0 Å². The zero-order valence-corrected chi connectivity index (χ0v) is 13.1. The van der Waals surface area contributed by atoms with Gasteiger partial charge in [-0.1, -0.05) is 45.2 Å². The average Bonchev–Trinajstić information content (AvgIpc) is 2.45. The van der Waals surface area contributed by atoms with Gasteiger partial charge in [-0.15, -0.1) is 0 Å². The van der Waals surface area contributed by atoms with Crippen molar-refractivity contribution in [2.45, 2.75) is 63.5 Å². The van der Waals surface area contributed by atoms with Gasteiger partial charge in [0.15, 0.2) is 0 Å². The monoisotopic (exact) mass is 299 g/mol. The fraction of sp³-hybridized carbons (Fsp3) is 0.600. The van der Waals surface area contributed by atoms with Crippen molar-refractivity contribution >= 4 is 10.0 Å². The van der Waals surface area contributed by atoms with Crippen LogP contribution in [0.25, 0.3) is 0 Å². The van der Waals surface area contributed by atoms with E-state index in [1.807, 2.05) is 0 Å². The van der Waals surface area contributed by atoms with Gasteiger partial charge in [0.05, 0.1) is 11.5 Å². The molecule has 1 rings (SSSR count). The first-order valence-electron chi connectivity index (χ1n) is 7.25. The second-order valence-electron chi connectivity index (χ2n) is 5.05. The van der Waals surface area contributed by atoms with Crippen LogP contribution < -0.4 is 4.72 Å². The van der Waals surface area contributed by atoms with E-state index in [1.54, 1.807) is 18.2 Å². The van der Waals surface area contributed by atoms with E-state index in [4.69, 9.17) is 5.11 Å². The molecule has 1 aromatic carbocycles. The van der Waals surface area contributed by atoms with E-state index < -0.39 is 10.0 Å². The van der Waals surface area contributed by atoms with Gasteiger partial charge in [-0.05, 0) is 30.5 Å². The Labute approximate surface area is 122 Å². The summed E-state index contributed by atoms with van der Waals surface area (Å²) in [6.07, 6.45) is 4.74. The molecule has 0 aliphatic carbocycles. The Bertz CT molecular complexity index is 500. The molecule has 0 heterocycles. The molecule has 0 radical (unpaired) electrons. The molecule has 0 spiro atoms. The first-order valence-corrected chi connectivity index (χ1v) is 8.74. The molecule has 0 aliphatic rings. The normalized spacial score (nSPS) is 13.3. The van der Waals surface area contributed by atoms with E-state index in [0.717, 1.165) is 32.1 Å². The van der Waals surface area contributed by atoms with Gasteiger partial charge in [-0.2, -0.15) is 0 Å². The van der Waals surface area contributed by atoms with Crippen LogP contribution in [0.3, 0.4) is 0 Å². The molecule has 0 fully saturated rings. The van der Waals surface area contributed by atoms with Gasteiger partial charge < -0.3 is 5.11 Å². The molecule has 5 heteroatoms. The number of sulfonamides is 1. The van der Waals surface area contributed by atoms with Crippen molar-refractivity contribution in [3.63, 3.8) is 0 Å². The van der Waals surface area contributed by atoms with E-state index in [-0.39, 0.29) is 17.5 Å². The zero-order chi connectivity index (χ0) is 15.0. The topological polar surface area (TPSA) is 66.4 Å². The minimum absolute atomic E-state index is 0.0114. The first-order chi connectivity index (χ1) is 9.53. The number of aliphatic hydroxyl groups is 1. The number of aliphatic hydroxyl groups excluding tert-OH is 1. The van der Waals surface area contributed by atoms with Crippen molar-refractivity contribution in [1.82, 2.24) is 4.72 Å². The standard InChI is InChI=1S/C15H25NO3S/c1-3-5-9-14(7-4-2)16-20(18,19)15-10-6-8-13(11-15)12-17/h6,8,10-11,14,16-17H,3-5,7,9,12H2,1-2H3. The molecule has 1 atom stereocenters. The third-order valence-corrected chi connectivity index (χ3v) is 4.77. The van der Waals surface area contributed by atoms with E-state index in [9.17, 15) is 8.42 Å². The number of rotatable bonds is 9. The van der Waals surface area contributed by atoms with Crippen LogP contribution in [0.4, 0.5) is 0 Å². The van der Waals surface area contributed by atoms with Crippen LogP contribution in [0, 0.1) is 0 Å². The van der Waals surface area contributed by atoms with Gasteiger partial charge in [0, 0.05) is 6.04 Å². The SMILES string of the molecule is CCCCC(CCC)NS(=O)(=O)c1cccc(CO)c1. The van der Waals surface area contributed by atoms with E-state index in [1.165, 1.54) is 6.07 Å². The summed E-state index contributed by atoms with van der Waals surface area (Å²) in [5.41, 5.74) is 0.605. The van der Waals surface area contributed by atoms with Gasteiger partial charge in [0.1, 0.15) is 0 Å². The fourth-order valence-corrected chi connectivity index (χ4v) is 3.53. The Kier molecular flexibility index (Phi) is 7.19. The fourth-order valence-electron chi connectivity index (χ4n) is 2.16. The van der Waals surface area contributed by atoms with E-state index >= 15 is 0 Å². The van der Waals surface area contributed by atoms with Gasteiger partial charge in [0.2, 0.25) is 10.0 Å². The molecule has 1 unspecified atom stereocenters. The van der Waals surface area contributed by atoms with Crippen LogP contribution in [0.15, 0.2) is 29.2 Å². The molecule has 0 saturated carbocycles. The highest BCUT2D eigenvalue weighted by Gasteiger charge is 2.19. The summed E-state index contributed by atoms with van der Waals surface area (Å²) in [5, 5.41) is 9.09. The van der Waals surface area contributed by atoms with E-state index in [0.29, 0.717) is 5.56 Å². The number of benzene rings is 1. The molecular formula is C15H25NO3S. The quantitative estimate of drug-likeness (QED) is 0.737. The maximum Gasteiger partial charge on any atom is 0.240 e. The lowest BCUT2D eigenvalue weighted by molar-refractivity contribution is 0.281. The summed E-state index contributed by atoms with van der Waals surface area (Å²) in [6.45, 7) is 4.00. The summed E-state index contributed by atoms with van der Waals surface area (Å²) in [5.74, 6) is 0. The second-order valence-corrected chi connectivity index (χ2v) is 6.77. The molecule has 0 aromatic heterocycles. The minimum atomic E-state index is -3.51. The number of hydrogen-bond acceptors (Lipinski definition) is 3. The van der Waals surface area contributed by atoms with Crippen LogP contribution in [0.1, 0.15) is 51.5 Å². The maximum absolute atomic E-state index is 12.4. The predicted molar refractivity (Wildman–Crippen MR) is 80.9 cm³/mol. The summed E-state index contributed by atoms with van der Waals surface area (Å²) in [6, 6.07) is 6.43. The Hall–Kier alpha value is -0.910. The third kappa shape index (κ3) is 5.23. The number of hydrogen-bond donors (Lipinski definition) is 2. The Morgan fingerprint density at radius 1 is 1.20 bits per heavy atom. The molecule has 20 heavy (non-hydrogen) atoms. The van der Waals surface area contributed by atoms with Crippen LogP contribution in [-0.4, -0.2) is 19.6 Å². The summed E-state index contributed by atoms with van der Waals surface area (Å²) < 4.78 is 27.5. The summed E-state index contributed by atoms with van der Waals surface area (Å²) in [4.78, 5) is 0.224. The largest absolute Gasteiger partial charge is 0.392 e. The van der Waals surface area contributed by atoms with Crippen LogP contribution in [0.5, 0.6) is 0 Å². The average molecular weight is 299 g/mol. The lowest BCUT2D eigenvalue weighted by Crippen LogP contribution is -2.34. The molecule has 1 aromatic rings. The molecule has 0 bridgehead atoms. The van der Waals surface area contributed by atoms with Crippen molar-refractivity contribution in [1.29, 1.82) is 0 Å².